The Hall–Kier alpha value is -1.14. The number of morpholine rings is 1. The fourth-order valence-corrected chi connectivity index (χ4v) is 3.28. The van der Waals surface area contributed by atoms with E-state index in [1.807, 2.05) is 11.8 Å². The highest BCUT2D eigenvalue weighted by atomic mass is 16.5. The van der Waals surface area contributed by atoms with E-state index in [0.29, 0.717) is 26.2 Å². The van der Waals surface area contributed by atoms with Crippen molar-refractivity contribution in [2.24, 2.45) is 11.7 Å². The fourth-order valence-electron chi connectivity index (χ4n) is 3.28. The van der Waals surface area contributed by atoms with Crippen LogP contribution in [0, 0.1) is 5.92 Å². The van der Waals surface area contributed by atoms with Crippen LogP contribution < -0.4 is 11.1 Å². The molecule has 2 amide bonds. The van der Waals surface area contributed by atoms with Crippen LogP contribution in [0.1, 0.15) is 39.5 Å². The number of rotatable bonds is 3. The number of carbonyl (C=O) groups excluding carboxylic acids is 2. The molecule has 0 spiro atoms. The van der Waals surface area contributed by atoms with E-state index in [1.165, 1.54) is 6.92 Å². The van der Waals surface area contributed by atoms with Crippen LogP contribution in [0.15, 0.2) is 0 Å². The minimum absolute atomic E-state index is 0.0798. The van der Waals surface area contributed by atoms with Crippen LogP contribution in [0.2, 0.25) is 0 Å². The van der Waals surface area contributed by atoms with E-state index in [1.54, 1.807) is 0 Å². The molecular formula is C15H27N3O3. The molecule has 1 heterocycles. The summed E-state index contributed by atoms with van der Waals surface area (Å²) in [6.45, 7) is 5.58. The maximum Gasteiger partial charge on any atom is 0.227 e. The Kier molecular flexibility index (Phi) is 5.22. The van der Waals surface area contributed by atoms with Gasteiger partial charge < -0.3 is 20.7 Å². The van der Waals surface area contributed by atoms with Gasteiger partial charge >= 0.3 is 0 Å². The Bertz CT molecular complexity index is 398. The third-order valence-electron chi connectivity index (χ3n) is 4.58. The number of nitrogens with two attached hydrogens (primary N) is 1. The number of amides is 2. The van der Waals surface area contributed by atoms with Crippen LogP contribution in [0.3, 0.4) is 0 Å². The predicted molar refractivity (Wildman–Crippen MR) is 79.6 cm³/mol. The summed E-state index contributed by atoms with van der Waals surface area (Å²) in [4.78, 5) is 25.6. The summed E-state index contributed by atoms with van der Waals surface area (Å²) in [5, 5.41) is 2.74. The summed E-state index contributed by atoms with van der Waals surface area (Å²) in [6, 6.07) is 0. The smallest absolute Gasteiger partial charge is 0.227 e. The number of ether oxygens (including phenoxy) is 1. The summed E-state index contributed by atoms with van der Waals surface area (Å²) in [5.74, 6) is -0.0227. The minimum atomic E-state index is -0.402. The van der Waals surface area contributed by atoms with Crippen molar-refractivity contribution in [3.63, 3.8) is 0 Å². The summed E-state index contributed by atoms with van der Waals surface area (Å²) in [7, 11) is 0. The molecule has 3 N–H and O–H groups in total. The van der Waals surface area contributed by atoms with Gasteiger partial charge in [0.05, 0.1) is 18.6 Å². The highest BCUT2D eigenvalue weighted by molar-refractivity contribution is 5.80. The van der Waals surface area contributed by atoms with Gasteiger partial charge in [0.15, 0.2) is 0 Å². The average Bonchev–Trinajstić information content (AvgIpc) is 2.44. The van der Waals surface area contributed by atoms with Crippen LogP contribution >= 0.6 is 0 Å². The van der Waals surface area contributed by atoms with Crippen molar-refractivity contribution < 1.29 is 14.3 Å². The molecule has 1 saturated carbocycles. The lowest BCUT2D eigenvalue weighted by Crippen LogP contribution is -2.57. The number of hydrogen-bond acceptors (Lipinski definition) is 4. The van der Waals surface area contributed by atoms with Crippen molar-refractivity contribution in [3.05, 3.63) is 0 Å². The molecule has 6 nitrogen and oxygen atoms in total. The van der Waals surface area contributed by atoms with Crippen molar-refractivity contribution in [2.45, 2.75) is 51.2 Å². The molecule has 0 bridgehead atoms. The van der Waals surface area contributed by atoms with Crippen molar-refractivity contribution >= 4 is 11.8 Å². The molecule has 2 rings (SSSR count). The van der Waals surface area contributed by atoms with Crippen LogP contribution in [0.25, 0.3) is 0 Å². The summed E-state index contributed by atoms with van der Waals surface area (Å²) >= 11 is 0. The van der Waals surface area contributed by atoms with Gasteiger partial charge in [-0.25, -0.2) is 0 Å². The fraction of sp³-hybridized carbons (Fsp3) is 0.867. The lowest BCUT2D eigenvalue weighted by molar-refractivity contribution is -0.146. The lowest BCUT2D eigenvalue weighted by atomic mass is 9.74. The lowest BCUT2D eigenvalue weighted by Gasteiger charge is -2.42. The molecule has 0 aromatic heterocycles. The molecule has 1 saturated heterocycles. The normalized spacial score (nSPS) is 33.6. The molecule has 2 aliphatic rings. The first-order valence-corrected chi connectivity index (χ1v) is 7.84. The van der Waals surface area contributed by atoms with Gasteiger partial charge in [-0.05, 0) is 19.8 Å². The molecular weight excluding hydrogens is 270 g/mol. The largest absolute Gasteiger partial charge is 0.373 e. The maximum atomic E-state index is 12.8. The van der Waals surface area contributed by atoms with Gasteiger partial charge in [-0.1, -0.05) is 12.8 Å². The molecule has 0 aromatic carbocycles. The molecule has 3 atom stereocenters. The number of nitrogens with zero attached hydrogens (tertiary/aromatic N) is 1. The number of hydrogen-bond donors (Lipinski definition) is 2. The van der Waals surface area contributed by atoms with Crippen LogP contribution in [0.4, 0.5) is 0 Å². The Morgan fingerprint density at radius 3 is 2.86 bits per heavy atom. The second-order valence-corrected chi connectivity index (χ2v) is 6.52. The highest BCUT2D eigenvalue weighted by Gasteiger charge is 2.40. The first kappa shape index (κ1) is 16.2. The van der Waals surface area contributed by atoms with E-state index in [9.17, 15) is 9.59 Å². The Morgan fingerprint density at radius 1 is 1.43 bits per heavy atom. The highest BCUT2D eigenvalue weighted by Crippen LogP contribution is 2.33. The third-order valence-corrected chi connectivity index (χ3v) is 4.58. The summed E-state index contributed by atoms with van der Waals surface area (Å²) in [5.41, 5.74) is 5.92. The quantitative estimate of drug-likeness (QED) is 0.782. The zero-order valence-electron chi connectivity index (χ0n) is 13.1. The van der Waals surface area contributed by atoms with E-state index in [2.05, 4.69) is 5.32 Å². The molecule has 0 radical (unpaired) electrons. The van der Waals surface area contributed by atoms with E-state index < -0.39 is 5.54 Å². The van der Waals surface area contributed by atoms with E-state index in [0.717, 1.165) is 25.7 Å². The van der Waals surface area contributed by atoms with Gasteiger partial charge in [0.25, 0.3) is 0 Å². The topological polar surface area (TPSA) is 84.7 Å². The van der Waals surface area contributed by atoms with Crippen LogP contribution in [-0.4, -0.2) is 54.6 Å². The maximum absolute atomic E-state index is 12.8. The minimum Gasteiger partial charge on any atom is -0.373 e. The zero-order valence-corrected chi connectivity index (χ0v) is 13.1. The van der Waals surface area contributed by atoms with Crippen molar-refractivity contribution in [1.29, 1.82) is 0 Å². The summed E-state index contributed by atoms with van der Waals surface area (Å²) < 4.78 is 5.61. The van der Waals surface area contributed by atoms with Gasteiger partial charge in [0.1, 0.15) is 0 Å². The van der Waals surface area contributed by atoms with Crippen molar-refractivity contribution in [3.8, 4) is 0 Å². The molecule has 21 heavy (non-hydrogen) atoms. The van der Waals surface area contributed by atoms with Gasteiger partial charge in [-0.2, -0.15) is 0 Å². The van der Waals surface area contributed by atoms with Crippen LogP contribution in [-0.2, 0) is 14.3 Å². The predicted octanol–water partition coefficient (Wildman–Crippen LogP) is 0.258. The van der Waals surface area contributed by atoms with Gasteiger partial charge in [0, 0.05) is 32.1 Å². The van der Waals surface area contributed by atoms with E-state index in [4.69, 9.17) is 10.5 Å². The van der Waals surface area contributed by atoms with Crippen molar-refractivity contribution in [1.82, 2.24) is 10.2 Å². The van der Waals surface area contributed by atoms with Crippen molar-refractivity contribution in [2.75, 3.05) is 26.2 Å². The molecule has 120 valence electrons. The van der Waals surface area contributed by atoms with Gasteiger partial charge in [0.2, 0.25) is 11.8 Å². The standard InChI is InChI=1S/C15H27N3O3/c1-11(19)17-9-12-10-18(7-8-21-12)14(20)13-5-3-4-6-15(13,2)16/h12-13H,3-10,16H2,1-2H3,(H,17,19). The van der Waals surface area contributed by atoms with Crippen LogP contribution in [0.5, 0.6) is 0 Å². The monoisotopic (exact) mass is 297 g/mol. The second-order valence-electron chi connectivity index (χ2n) is 6.52. The zero-order chi connectivity index (χ0) is 15.5. The Labute approximate surface area is 126 Å². The third kappa shape index (κ3) is 4.17. The molecule has 0 aromatic rings. The Morgan fingerprint density at radius 2 is 2.19 bits per heavy atom. The van der Waals surface area contributed by atoms with Gasteiger partial charge in [-0.15, -0.1) is 0 Å². The number of carbonyl (C=O) groups is 2. The molecule has 1 aliphatic carbocycles. The van der Waals surface area contributed by atoms with E-state index in [-0.39, 0.29) is 23.8 Å². The first-order valence-electron chi connectivity index (χ1n) is 7.84. The molecule has 3 unspecified atom stereocenters. The van der Waals surface area contributed by atoms with E-state index >= 15 is 0 Å². The molecule has 2 fully saturated rings. The van der Waals surface area contributed by atoms with Gasteiger partial charge in [-0.3, -0.25) is 9.59 Å². The summed E-state index contributed by atoms with van der Waals surface area (Å²) in [6.07, 6.45) is 3.83. The SMILES string of the molecule is CC(=O)NCC1CN(C(=O)C2CCCCC2(C)N)CCO1. The Balaban J connectivity index is 1.93. The second kappa shape index (κ2) is 6.75. The average molecular weight is 297 g/mol. The molecule has 1 aliphatic heterocycles. The molecule has 6 heteroatoms. The number of nitrogens with one attached hydrogen (secondary N) is 1. The first-order chi connectivity index (χ1) is 9.90.